The third-order valence-electron chi connectivity index (χ3n) is 3.79. The molecule has 2 rings (SSSR count). The summed E-state index contributed by atoms with van der Waals surface area (Å²) >= 11 is 0. The van der Waals surface area contributed by atoms with Gasteiger partial charge in [0.1, 0.15) is 12.4 Å². The zero-order chi connectivity index (χ0) is 14.2. The fourth-order valence-electron chi connectivity index (χ4n) is 2.43. The molecule has 0 aliphatic carbocycles. The van der Waals surface area contributed by atoms with Crippen molar-refractivity contribution in [2.75, 3.05) is 33.3 Å². The number of nitrogens with zero attached hydrogens (tertiary/aromatic N) is 1. The van der Waals surface area contributed by atoms with Gasteiger partial charge >= 0.3 is 0 Å². The van der Waals surface area contributed by atoms with Crippen LogP contribution in [0, 0.1) is 5.92 Å². The quantitative estimate of drug-likeness (QED) is 0.876. The van der Waals surface area contributed by atoms with E-state index in [1.54, 1.807) is 4.90 Å². The maximum absolute atomic E-state index is 12.1. The Morgan fingerprint density at radius 1 is 1.29 bits per heavy atom. The van der Waals surface area contributed by atoms with Crippen molar-refractivity contribution in [2.24, 2.45) is 5.92 Å². The van der Waals surface area contributed by atoms with Gasteiger partial charge in [0.25, 0.3) is 0 Å². The van der Waals surface area contributed by atoms with Gasteiger partial charge in [-0.3, -0.25) is 4.79 Å². The molecule has 0 aromatic heterocycles. The van der Waals surface area contributed by atoms with E-state index in [4.69, 9.17) is 4.74 Å². The van der Waals surface area contributed by atoms with Crippen LogP contribution >= 0.6 is 12.4 Å². The highest BCUT2D eigenvalue weighted by Gasteiger charge is 2.18. The second-order valence-electron chi connectivity index (χ2n) is 5.37. The SMILES string of the molecule is CN(CCOc1ccccc1)C(=O)CC1CCNCC1.Cl. The Labute approximate surface area is 133 Å². The van der Waals surface area contributed by atoms with Crippen molar-refractivity contribution in [1.82, 2.24) is 10.2 Å². The number of rotatable bonds is 6. The number of halogens is 1. The summed E-state index contributed by atoms with van der Waals surface area (Å²) in [5.41, 5.74) is 0. The van der Waals surface area contributed by atoms with Gasteiger partial charge < -0.3 is 15.0 Å². The third kappa shape index (κ3) is 6.36. The lowest BCUT2D eigenvalue weighted by Crippen LogP contribution is -2.35. The van der Waals surface area contributed by atoms with E-state index < -0.39 is 0 Å². The first-order valence-electron chi connectivity index (χ1n) is 7.38. The molecule has 0 atom stereocenters. The minimum absolute atomic E-state index is 0. The first-order chi connectivity index (χ1) is 9.75. The van der Waals surface area contributed by atoms with Crippen molar-refractivity contribution in [3.8, 4) is 5.75 Å². The molecule has 1 aromatic carbocycles. The number of amides is 1. The largest absolute Gasteiger partial charge is 0.492 e. The predicted molar refractivity (Wildman–Crippen MR) is 87.0 cm³/mol. The number of hydrogen-bond donors (Lipinski definition) is 1. The topological polar surface area (TPSA) is 41.6 Å². The Hall–Kier alpha value is -1.26. The van der Waals surface area contributed by atoms with E-state index in [2.05, 4.69) is 5.32 Å². The molecule has 4 nitrogen and oxygen atoms in total. The summed E-state index contributed by atoms with van der Waals surface area (Å²) < 4.78 is 5.61. The Bertz CT molecular complexity index is 408. The molecule has 1 aliphatic heterocycles. The highest BCUT2D eigenvalue weighted by atomic mass is 35.5. The van der Waals surface area contributed by atoms with Gasteiger partial charge in [-0.15, -0.1) is 12.4 Å². The van der Waals surface area contributed by atoms with Crippen LogP contribution in [0.1, 0.15) is 19.3 Å². The van der Waals surface area contributed by atoms with Crippen molar-refractivity contribution >= 4 is 18.3 Å². The minimum atomic E-state index is 0. The molecule has 0 unspecified atom stereocenters. The summed E-state index contributed by atoms with van der Waals surface area (Å²) in [6.45, 7) is 3.26. The number of hydrogen-bond acceptors (Lipinski definition) is 3. The molecule has 0 saturated carbocycles. The molecule has 118 valence electrons. The predicted octanol–water partition coefficient (Wildman–Crippen LogP) is 2.34. The van der Waals surface area contributed by atoms with E-state index in [1.165, 1.54) is 0 Å². The van der Waals surface area contributed by atoms with Gasteiger partial charge in [-0.1, -0.05) is 18.2 Å². The van der Waals surface area contributed by atoms with Gasteiger partial charge in [0, 0.05) is 13.5 Å². The van der Waals surface area contributed by atoms with Crippen LogP contribution < -0.4 is 10.1 Å². The van der Waals surface area contributed by atoms with Crippen molar-refractivity contribution in [3.05, 3.63) is 30.3 Å². The smallest absolute Gasteiger partial charge is 0.222 e. The summed E-state index contributed by atoms with van der Waals surface area (Å²) in [5.74, 6) is 1.63. The minimum Gasteiger partial charge on any atom is -0.492 e. The molecule has 1 aromatic rings. The van der Waals surface area contributed by atoms with Crippen molar-refractivity contribution < 1.29 is 9.53 Å². The Morgan fingerprint density at radius 2 is 1.95 bits per heavy atom. The van der Waals surface area contributed by atoms with Crippen molar-refractivity contribution in [1.29, 1.82) is 0 Å². The van der Waals surface area contributed by atoms with E-state index in [-0.39, 0.29) is 18.3 Å². The average molecular weight is 313 g/mol. The Balaban J connectivity index is 0.00000220. The van der Waals surface area contributed by atoms with E-state index in [1.807, 2.05) is 37.4 Å². The van der Waals surface area contributed by atoms with E-state index in [0.29, 0.717) is 25.5 Å². The zero-order valence-electron chi connectivity index (χ0n) is 12.6. The highest BCUT2D eigenvalue weighted by molar-refractivity contribution is 5.85. The molecular formula is C16H25ClN2O2. The average Bonchev–Trinajstić information content (AvgIpc) is 2.49. The fraction of sp³-hybridized carbons (Fsp3) is 0.562. The lowest BCUT2D eigenvalue weighted by atomic mass is 9.94. The second kappa shape index (κ2) is 9.64. The molecule has 1 fully saturated rings. The van der Waals surface area contributed by atoms with Crippen molar-refractivity contribution in [3.63, 3.8) is 0 Å². The maximum Gasteiger partial charge on any atom is 0.222 e. The third-order valence-corrected chi connectivity index (χ3v) is 3.79. The van der Waals surface area contributed by atoms with Gasteiger partial charge in [-0.2, -0.15) is 0 Å². The molecule has 0 radical (unpaired) electrons. The first-order valence-corrected chi connectivity index (χ1v) is 7.38. The number of carbonyl (C=O) groups excluding carboxylic acids is 1. The molecular weight excluding hydrogens is 288 g/mol. The molecule has 21 heavy (non-hydrogen) atoms. The summed E-state index contributed by atoms with van der Waals surface area (Å²) in [7, 11) is 1.86. The van der Waals surface area contributed by atoms with Gasteiger partial charge in [0.15, 0.2) is 0 Å². The van der Waals surface area contributed by atoms with Gasteiger partial charge in [-0.05, 0) is 44.0 Å². The van der Waals surface area contributed by atoms with Crippen LogP contribution in [0.15, 0.2) is 30.3 Å². The number of para-hydroxylation sites is 1. The zero-order valence-corrected chi connectivity index (χ0v) is 13.4. The first kappa shape index (κ1) is 17.8. The molecule has 1 heterocycles. The van der Waals surface area contributed by atoms with Crippen LogP contribution in [-0.4, -0.2) is 44.1 Å². The highest BCUT2D eigenvalue weighted by Crippen LogP contribution is 2.16. The molecule has 0 spiro atoms. The number of benzene rings is 1. The Morgan fingerprint density at radius 3 is 2.62 bits per heavy atom. The van der Waals surface area contributed by atoms with Gasteiger partial charge in [0.05, 0.1) is 6.54 Å². The van der Waals surface area contributed by atoms with Crippen LogP contribution in [0.2, 0.25) is 0 Å². The van der Waals surface area contributed by atoms with Crippen molar-refractivity contribution in [2.45, 2.75) is 19.3 Å². The number of ether oxygens (including phenoxy) is 1. The van der Waals surface area contributed by atoms with E-state index in [9.17, 15) is 4.79 Å². The van der Waals surface area contributed by atoms with Crippen LogP contribution in [0.3, 0.4) is 0 Å². The van der Waals surface area contributed by atoms with Gasteiger partial charge in [-0.25, -0.2) is 0 Å². The second-order valence-corrected chi connectivity index (χ2v) is 5.37. The molecule has 1 aliphatic rings. The lowest BCUT2D eigenvalue weighted by Gasteiger charge is -2.25. The normalized spacial score (nSPS) is 15.1. The summed E-state index contributed by atoms with van der Waals surface area (Å²) in [5, 5.41) is 3.32. The molecule has 5 heteroatoms. The molecule has 0 bridgehead atoms. The van der Waals surface area contributed by atoms with Crippen LogP contribution in [-0.2, 0) is 4.79 Å². The number of carbonyl (C=O) groups is 1. The Kier molecular flexibility index (Phi) is 8.16. The van der Waals surface area contributed by atoms with E-state index >= 15 is 0 Å². The fourth-order valence-corrected chi connectivity index (χ4v) is 2.43. The summed E-state index contributed by atoms with van der Waals surface area (Å²) in [6.07, 6.45) is 2.89. The standard InChI is InChI=1S/C16H24N2O2.ClH/c1-18(11-12-20-15-5-3-2-4-6-15)16(19)13-14-7-9-17-10-8-14;/h2-6,14,17H,7-13H2,1H3;1H. The van der Waals surface area contributed by atoms with Crippen LogP contribution in [0.5, 0.6) is 5.75 Å². The van der Waals surface area contributed by atoms with Crippen LogP contribution in [0.4, 0.5) is 0 Å². The van der Waals surface area contributed by atoms with Crippen LogP contribution in [0.25, 0.3) is 0 Å². The molecule has 1 amide bonds. The molecule has 1 N–H and O–H groups in total. The lowest BCUT2D eigenvalue weighted by molar-refractivity contribution is -0.131. The number of likely N-dealkylation sites (N-methyl/N-ethyl adjacent to an activating group) is 1. The number of nitrogens with one attached hydrogen (secondary N) is 1. The van der Waals surface area contributed by atoms with Gasteiger partial charge in [0.2, 0.25) is 5.91 Å². The maximum atomic E-state index is 12.1. The monoisotopic (exact) mass is 312 g/mol. The number of piperidine rings is 1. The summed E-state index contributed by atoms with van der Waals surface area (Å²) in [6, 6.07) is 9.71. The summed E-state index contributed by atoms with van der Waals surface area (Å²) in [4.78, 5) is 13.9. The van der Waals surface area contributed by atoms with E-state index in [0.717, 1.165) is 31.7 Å². The molecule has 1 saturated heterocycles.